The molecule has 1 aliphatic heterocycles. The molecule has 6 nitrogen and oxygen atoms in total. The van der Waals surface area contributed by atoms with Gasteiger partial charge in [0.05, 0.1) is 34.9 Å². The number of fused-ring (bicyclic) bond motifs is 3. The van der Waals surface area contributed by atoms with E-state index in [0.29, 0.717) is 47.1 Å². The Bertz CT molecular complexity index is 1240. The van der Waals surface area contributed by atoms with Gasteiger partial charge in [-0.1, -0.05) is 0 Å². The van der Waals surface area contributed by atoms with Crippen molar-refractivity contribution in [2.45, 2.75) is 50.1 Å². The van der Waals surface area contributed by atoms with Gasteiger partial charge in [-0.05, 0) is 43.5 Å². The maximum atomic E-state index is 14.1. The topological polar surface area (TPSA) is 75.8 Å². The number of benzene rings is 1. The number of nitriles is 1. The van der Waals surface area contributed by atoms with E-state index in [1.165, 1.54) is 0 Å². The van der Waals surface area contributed by atoms with E-state index >= 15 is 0 Å². The van der Waals surface area contributed by atoms with Crippen molar-refractivity contribution in [3.63, 3.8) is 0 Å². The van der Waals surface area contributed by atoms with Crippen LogP contribution in [0.5, 0.6) is 0 Å². The summed E-state index contributed by atoms with van der Waals surface area (Å²) in [5, 5.41) is 10.0. The Morgan fingerprint density at radius 1 is 1.26 bits per heavy atom. The fourth-order valence-electron chi connectivity index (χ4n) is 4.41. The van der Waals surface area contributed by atoms with E-state index < -0.39 is 24.1 Å². The Labute approximate surface area is 174 Å². The highest BCUT2D eigenvalue weighted by Crippen LogP contribution is 2.38. The van der Waals surface area contributed by atoms with Crippen molar-refractivity contribution >= 4 is 21.9 Å². The SMILES string of the molecule is N#Cc1ccc2ncc3nc(CC4C=C(C(F)(F)F)ON4)n(C4CCC(F)C4)c3c2c1. The van der Waals surface area contributed by atoms with Gasteiger partial charge in [0.25, 0.3) is 0 Å². The molecule has 0 spiro atoms. The third-order valence-electron chi connectivity index (χ3n) is 5.78. The molecule has 1 fully saturated rings. The number of alkyl halides is 4. The van der Waals surface area contributed by atoms with Crippen LogP contribution < -0.4 is 5.48 Å². The maximum absolute atomic E-state index is 14.1. The summed E-state index contributed by atoms with van der Waals surface area (Å²) in [6.45, 7) is 0. The second kappa shape index (κ2) is 7.20. The second-order valence-electron chi connectivity index (χ2n) is 7.86. The average molecular weight is 431 g/mol. The number of hydrogen-bond donors (Lipinski definition) is 1. The standard InChI is InChI=1S/C21H17F4N5O/c22-12-2-3-14(6-12)30-19(8-13-7-18(31-29-13)21(23,24)25)28-17-10-27-16-4-1-11(9-26)5-15(16)20(17)30/h1,4-5,7,10,12-14,29H,2-3,6,8H2. The number of halogens is 4. The Morgan fingerprint density at radius 2 is 2.10 bits per heavy atom. The molecular weight excluding hydrogens is 414 g/mol. The van der Waals surface area contributed by atoms with Crippen molar-refractivity contribution < 1.29 is 22.4 Å². The molecule has 2 aliphatic rings. The fraction of sp³-hybridized carbons (Fsp3) is 0.381. The summed E-state index contributed by atoms with van der Waals surface area (Å²) in [6, 6.07) is 6.31. The number of hydrogen-bond acceptors (Lipinski definition) is 5. The predicted octanol–water partition coefficient (Wildman–Crippen LogP) is 4.41. The van der Waals surface area contributed by atoms with Gasteiger partial charge in [0.2, 0.25) is 5.76 Å². The van der Waals surface area contributed by atoms with Crippen molar-refractivity contribution in [1.82, 2.24) is 20.0 Å². The zero-order chi connectivity index (χ0) is 21.8. The van der Waals surface area contributed by atoms with Crippen LogP contribution in [-0.4, -0.2) is 32.9 Å². The number of hydroxylamine groups is 1. The van der Waals surface area contributed by atoms with Gasteiger partial charge in [-0.2, -0.15) is 18.4 Å². The second-order valence-corrected chi connectivity index (χ2v) is 7.86. The average Bonchev–Trinajstić information content (AvgIpc) is 3.45. The highest BCUT2D eigenvalue weighted by atomic mass is 19.4. The van der Waals surface area contributed by atoms with Gasteiger partial charge in [0.1, 0.15) is 17.5 Å². The molecule has 0 radical (unpaired) electrons. The predicted molar refractivity (Wildman–Crippen MR) is 103 cm³/mol. The summed E-state index contributed by atoms with van der Waals surface area (Å²) in [4.78, 5) is 13.6. The normalized spacial score (nSPS) is 23.8. The highest BCUT2D eigenvalue weighted by Gasteiger charge is 2.40. The third kappa shape index (κ3) is 3.49. The van der Waals surface area contributed by atoms with Crippen LogP contribution in [0, 0.1) is 11.3 Å². The molecule has 1 N–H and O–H groups in total. The molecule has 0 bridgehead atoms. The summed E-state index contributed by atoms with van der Waals surface area (Å²) in [6.07, 6.45) is -1.49. The highest BCUT2D eigenvalue weighted by molar-refractivity contribution is 6.02. The van der Waals surface area contributed by atoms with Gasteiger partial charge < -0.3 is 9.40 Å². The van der Waals surface area contributed by atoms with Crippen LogP contribution in [0.2, 0.25) is 0 Å². The van der Waals surface area contributed by atoms with Gasteiger partial charge >= 0.3 is 6.18 Å². The largest absolute Gasteiger partial charge is 0.451 e. The molecule has 3 atom stereocenters. The molecular formula is C21H17F4N5O. The van der Waals surface area contributed by atoms with Gasteiger partial charge in [-0.15, -0.1) is 5.48 Å². The number of rotatable bonds is 3. The van der Waals surface area contributed by atoms with Crippen molar-refractivity contribution in [3.8, 4) is 6.07 Å². The smallest absolute Gasteiger partial charge is 0.403 e. The van der Waals surface area contributed by atoms with Crippen molar-refractivity contribution in [1.29, 1.82) is 5.26 Å². The lowest BCUT2D eigenvalue weighted by Crippen LogP contribution is -2.26. The first-order valence-electron chi connectivity index (χ1n) is 9.88. The van der Waals surface area contributed by atoms with Crippen LogP contribution >= 0.6 is 0 Å². The number of nitrogens with one attached hydrogen (secondary N) is 1. The molecule has 3 heterocycles. The van der Waals surface area contributed by atoms with Crippen LogP contribution in [-0.2, 0) is 11.3 Å². The minimum absolute atomic E-state index is 0.126. The van der Waals surface area contributed by atoms with Crippen molar-refractivity contribution in [3.05, 3.63) is 47.6 Å². The van der Waals surface area contributed by atoms with Crippen molar-refractivity contribution in [2.75, 3.05) is 0 Å². The number of nitrogens with zero attached hydrogens (tertiary/aromatic N) is 4. The molecule has 10 heteroatoms. The lowest BCUT2D eigenvalue weighted by atomic mass is 10.1. The Balaban J connectivity index is 1.65. The lowest BCUT2D eigenvalue weighted by molar-refractivity contribution is -0.137. The van der Waals surface area contributed by atoms with Crippen LogP contribution in [0.1, 0.15) is 36.7 Å². The molecule has 5 rings (SSSR count). The number of aromatic nitrogens is 3. The van der Waals surface area contributed by atoms with E-state index in [2.05, 4.69) is 26.4 Å². The first-order chi connectivity index (χ1) is 14.8. The van der Waals surface area contributed by atoms with Crippen molar-refractivity contribution in [2.24, 2.45) is 0 Å². The van der Waals surface area contributed by atoms with E-state index in [-0.39, 0.29) is 12.5 Å². The number of allylic oxidation sites excluding steroid dienone is 1. The first-order valence-corrected chi connectivity index (χ1v) is 9.88. The van der Waals surface area contributed by atoms with Gasteiger partial charge in [0, 0.05) is 17.8 Å². The molecule has 160 valence electrons. The Morgan fingerprint density at radius 3 is 2.77 bits per heavy atom. The lowest BCUT2D eigenvalue weighted by Gasteiger charge is -2.18. The summed E-state index contributed by atoms with van der Waals surface area (Å²) >= 11 is 0. The van der Waals surface area contributed by atoms with E-state index in [1.807, 2.05) is 4.57 Å². The molecule has 0 amide bonds. The van der Waals surface area contributed by atoms with E-state index in [1.54, 1.807) is 24.4 Å². The Hall–Kier alpha value is -3.19. The summed E-state index contributed by atoms with van der Waals surface area (Å²) in [5.74, 6) is -0.567. The zero-order valence-corrected chi connectivity index (χ0v) is 16.2. The van der Waals surface area contributed by atoms with E-state index in [0.717, 1.165) is 11.6 Å². The van der Waals surface area contributed by atoms with Crippen LogP contribution in [0.4, 0.5) is 17.6 Å². The molecule has 31 heavy (non-hydrogen) atoms. The molecule has 0 saturated heterocycles. The number of imidazole rings is 1. The van der Waals surface area contributed by atoms with E-state index in [4.69, 9.17) is 0 Å². The van der Waals surface area contributed by atoms with Crippen LogP contribution in [0.25, 0.3) is 21.9 Å². The molecule has 2 aromatic heterocycles. The van der Waals surface area contributed by atoms with E-state index in [9.17, 15) is 22.8 Å². The minimum Gasteiger partial charge on any atom is -0.403 e. The molecule has 3 unspecified atom stereocenters. The van der Waals surface area contributed by atoms with Crippen LogP contribution in [0.3, 0.4) is 0 Å². The first kappa shape index (κ1) is 19.8. The van der Waals surface area contributed by atoms with Crippen LogP contribution in [0.15, 0.2) is 36.2 Å². The summed E-state index contributed by atoms with van der Waals surface area (Å²) in [7, 11) is 0. The zero-order valence-electron chi connectivity index (χ0n) is 16.2. The quantitative estimate of drug-likeness (QED) is 0.622. The molecule has 3 aromatic rings. The number of pyridine rings is 1. The summed E-state index contributed by atoms with van der Waals surface area (Å²) in [5.41, 5.74) is 4.78. The Kier molecular flexibility index (Phi) is 4.59. The summed E-state index contributed by atoms with van der Waals surface area (Å²) < 4.78 is 54.8. The molecule has 1 aliphatic carbocycles. The molecule has 1 saturated carbocycles. The van der Waals surface area contributed by atoms with Gasteiger partial charge in [-0.3, -0.25) is 4.98 Å². The van der Waals surface area contributed by atoms with Gasteiger partial charge in [-0.25, -0.2) is 9.37 Å². The molecule has 1 aromatic carbocycles. The minimum atomic E-state index is -4.58. The monoisotopic (exact) mass is 431 g/mol. The fourth-order valence-corrected chi connectivity index (χ4v) is 4.41. The maximum Gasteiger partial charge on any atom is 0.451 e. The van der Waals surface area contributed by atoms with Gasteiger partial charge in [0.15, 0.2) is 0 Å². The third-order valence-corrected chi connectivity index (χ3v) is 5.78.